The first-order valence-electron chi connectivity index (χ1n) is 11.4. The van der Waals surface area contributed by atoms with Gasteiger partial charge in [-0.25, -0.2) is 4.99 Å². The monoisotopic (exact) mass is 417 g/mol. The largest absolute Gasteiger partial charge is 0.379 e. The van der Waals surface area contributed by atoms with Crippen molar-refractivity contribution >= 4 is 17.6 Å². The fourth-order valence-corrected chi connectivity index (χ4v) is 3.33. The molecule has 168 valence electrons. The van der Waals surface area contributed by atoms with Gasteiger partial charge in [0, 0.05) is 44.8 Å². The maximum atomic E-state index is 12.3. The number of unbranched alkanes of at least 4 members (excludes halogenated alkanes) is 3. The third kappa shape index (κ3) is 10.1. The number of rotatable bonds is 12. The highest BCUT2D eigenvalue weighted by atomic mass is 16.5. The van der Waals surface area contributed by atoms with Crippen LogP contribution < -0.4 is 16.0 Å². The number of anilines is 1. The number of hydrogen-bond acceptors (Lipinski definition) is 4. The molecule has 2 rings (SSSR count). The van der Waals surface area contributed by atoms with Gasteiger partial charge in [0.2, 0.25) is 5.91 Å². The average molecular weight is 418 g/mol. The van der Waals surface area contributed by atoms with Gasteiger partial charge in [-0.3, -0.25) is 9.69 Å². The molecule has 0 atom stereocenters. The zero-order chi connectivity index (χ0) is 21.4. The van der Waals surface area contributed by atoms with Crippen LogP contribution in [0, 0.1) is 0 Å². The van der Waals surface area contributed by atoms with Gasteiger partial charge in [0.1, 0.15) is 0 Å². The molecule has 0 saturated carbocycles. The number of guanidine groups is 1. The van der Waals surface area contributed by atoms with Gasteiger partial charge in [0.15, 0.2) is 5.96 Å². The number of benzene rings is 1. The lowest BCUT2D eigenvalue weighted by Crippen LogP contribution is -2.38. The second kappa shape index (κ2) is 14.8. The predicted octanol–water partition coefficient (Wildman–Crippen LogP) is 2.98. The molecule has 0 spiro atoms. The summed E-state index contributed by atoms with van der Waals surface area (Å²) in [6.45, 7) is 10.7. The molecule has 7 nitrogen and oxygen atoms in total. The van der Waals surface area contributed by atoms with Crippen LogP contribution in [0.3, 0.4) is 0 Å². The molecule has 0 radical (unpaired) electrons. The Morgan fingerprint density at radius 1 is 1.13 bits per heavy atom. The van der Waals surface area contributed by atoms with Gasteiger partial charge >= 0.3 is 0 Å². The topological polar surface area (TPSA) is 78.0 Å². The molecule has 0 unspecified atom stereocenters. The highest BCUT2D eigenvalue weighted by Crippen LogP contribution is 2.12. The van der Waals surface area contributed by atoms with Crippen molar-refractivity contribution in [3.63, 3.8) is 0 Å². The molecule has 1 fully saturated rings. The van der Waals surface area contributed by atoms with E-state index in [-0.39, 0.29) is 5.91 Å². The normalized spacial score (nSPS) is 15.1. The predicted molar refractivity (Wildman–Crippen MR) is 124 cm³/mol. The van der Waals surface area contributed by atoms with Gasteiger partial charge in [0.05, 0.1) is 19.8 Å². The fourth-order valence-electron chi connectivity index (χ4n) is 3.33. The Balaban J connectivity index is 1.79. The van der Waals surface area contributed by atoms with Crippen molar-refractivity contribution in [2.24, 2.45) is 4.99 Å². The maximum absolute atomic E-state index is 12.3. The van der Waals surface area contributed by atoms with Crippen LogP contribution in [0.4, 0.5) is 5.69 Å². The molecule has 1 aromatic rings. The van der Waals surface area contributed by atoms with Crippen LogP contribution in [-0.2, 0) is 16.1 Å². The number of morpholine rings is 1. The number of nitrogens with zero attached hydrogens (tertiary/aromatic N) is 2. The summed E-state index contributed by atoms with van der Waals surface area (Å²) in [4.78, 5) is 19.2. The molecular formula is C23H39N5O2. The molecule has 3 N–H and O–H groups in total. The number of ether oxygens (including phenoxy) is 1. The molecule has 1 aliphatic heterocycles. The molecule has 0 bridgehead atoms. The Morgan fingerprint density at radius 3 is 2.73 bits per heavy atom. The van der Waals surface area contributed by atoms with E-state index in [1.54, 1.807) is 0 Å². The van der Waals surface area contributed by atoms with Gasteiger partial charge in [-0.15, -0.1) is 0 Å². The van der Waals surface area contributed by atoms with Crippen molar-refractivity contribution in [1.82, 2.24) is 15.5 Å². The van der Waals surface area contributed by atoms with E-state index in [0.29, 0.717) is 13.0 Å². The summed E-state index contributed by atoms with van der Waals surface area (Å²) in [5, 5.41) is 9.71. The number of amides is 1. The minimum absolute atomic E-state index is 0.0456. The maximum Gasteiger partial charge on any atom is 0.225 e. The summed E-state index contributed by atoms with van der Waals surface area (Å²) in [5.41, 5.74) is 1.90. The number of carbonyl (C=O) groups is 1. The van der Waals surface area contributed by atoms with Gasteiger partial charge in [-0.05, 0) is 31.0 Å². The first-order chi connectivity index (χ1) is 14.7. The van der Waals surface area contributed by atoms with Crippen LogP contribution in [0.15, 0.2) is 29.3 Å². The number of aliphatic imine (C=N–C) groups is 1. The van der Waals surface area contributed by atoms with Crippen molar-refractivity contribution in [1.29, 1.82) is 0 Å². The molecule has 30 heavy (non-hydrogen) atoms. The third-order valence-corrected chi connectivity index (χ3v) is 5.06. The van der Waals surface area contributed by atoms with Gasteiger partial charge in [0.25, 0.3) is 0 Å². The van der Waals surface area contributed by atoms with Crippen LogP contribution >= 0.6 is 0 Å². The number of hydrogen-bond donors (Lipinski definition) is 3. The Labute approximate surface area is 181 Å². The van der Waals surface area contributed by atoms with Gasteiger partial charge in [-0.1, -0.05) is 38.3 Å². The SMILES string of the molecule is CCCCCCNC(=NCc1cccc(NC(=O)CCN2CCOCC2)c1)NCC. The summed E-state index contributed by atoms with van der Waals surface area (Å²) >= 11 is 0. The van der Waals surface area contributed by atoms with E-state index in [1.165, 1.54) is 19.3 Å². The molecule has 0 aromatic heterocycles. The van der Waals surface area contributed by atoms with E-state index in [9.17, 15) is 4.79 Å². The van der Waals surface area contributed by atoms with Crippen LogP contribution in [0.5, 0.6) is 0 Å². The van der Waals surface area contributed by atoms with Gasteiger partial charge < -0.3 is 20.7 Å². The average Bonchev–Trinajstić information content (AvgIpc) is 2.77. The van der Waals surface area contributed by atoms with Crippen molar-refractivity contribution in [2.75, 3.05) is 51.3 Å². The van der Waals surface area contributed by atoms with Crippen LogP contribution in [0.25, 0.3) is 0 Å². The highest BCUT2D eigenvalue weighted by molar-refractivity contribution is 5.90. The van der Waals surface area contributed by atoms with E-state index < -0.39 is 0 Å². The molecule has 1 heterocycles. The zero-order valence-corrected chi connectivity index (χ0v) is 18.7. The van der Waals surface area contributed by atoms with E-state index in [1.807, 2.05) is 24.3 Å². The molecule has 1 amide bonds. The molecule has 0 aliphatic carbocycles. The lowest BCUT2D eigenvalue weighted by atomic mass is 10.2. The molecule has 1 aromatic carbocycles. The first kappa shape index (κ1) is 24.2. The van der Waals surface area contributed by atoms with Crippen molar-refractivity contribution in [3.8, 4) is 0 Å². The van der Waals surface area contributed by atoms with E-state index >= 15 is 0 Å². The third-order valence-electron chi connectivity index (χ3n) is 5.06. The quantitative estimate of drug-likeness (QED) is 0.277. The smallest absolute Gasteiger partial charge is 0.225 e. The summed E-state index contributed by atoms with van der Waals surface area (Å²) in [6.07, 6.45) is 5.42. The van der Waals surface area contributed by atoms with Crippen molar-refractivity contribution in [2.45, 2.75) is 52.5 Å². The second-order valence-electron chi connectivity index (χ2n) is 7.64. The number of nitrogens with one attached hydrogen (secondary N) is 3. The zero-order valence-electron chi connectivity index (χ0n) is 18.7. The molecule has 7 heteroatoms. The lowest BCUT2D eigenvalue weighted by molar-refractivity contribution is -0.116. The summed E-state index contributed by atoms with van der Waals surface area (Å²) in [7, 11) is 0. The summed E-state index contributed by atoms with van der Waals surface area (Å²) < 4.78 is 5.35. The number of carbonyl (C=O) groups excluding carboxylic acids is 1. The van der Waals surface area contributed by atoms with E-state index in [4.69, 9.17) is 4.74 Å². The van der Waals surface area contributed by atoms with E-state index in [0.717, 1.165) is 69.6 Å². The summed E-state index contributed by atoms with van der Waals surface area (Å²) in [5.74, 6) is 0.887. The van der Waals surface area contributed by atoms with Crippen LogP contribution in [-0.4, -0.2) is 62.7 Å². The molecule has 1 saturated heterocycles. The van der Waals surface area contributed by atoms with Crippen molar-refractivity contribution in [3.05, 3.63) is 29.8 Å². The van der Waals surface area contributed by atoms with E-state index in [2.05, 4.69) is 39.7 Å². The van der Waals surface area contributed by atoms with Crippen LogP contribution in [0.1, 0.15) is 51.5 Å². The standard InChI is InChI=1S/C23H39N5O2/c1-3-5-6-7-12-25-23(24-4-2)26-19-20-9-8-10-21(18-20)27-22(29)11-13-28-14-16-30-17-15-28/h8-10,18H,3-7,11-17,19H2,1-2H3,(H,27,29)(H2,24,25,26). The van der Waals surface area contributed by atoms with Crippen LogP contribution in [0.2, 0.25) is 0 Å². The van der Waals surface area contributed by atoms with Gasteiger partial charge in [-0.2, -0.15) is 0 Å². The molecule has 1 aliphatic rings. The Kier molecular flexibility index (Phi) is 11.9. The fraction of sp³-hybridized carbons (Fsp3) is 0.652. The Bertz CT molecular complexity index is 644. The summed E-state index contributed by atoms with van der Waals surface area (Å²) in [6, 6.07) is 7.93. The highest BCUT2D eigenvalue weighted by Gasteiger charge is 2.12. The van der Waals surface area contributed by atoms with Crippen molar-refractivity contribution < 1.29 is 9.53 Å². The minimum atomic E-state index is 0.0456. The Morgan fingerprint density at radius 2 is 1.97 bits per heavy atom. The molecular weight excluding hydrogens is 378 g/mol. The second-order valence-corrected chi connectivity index (χ2v) is 7.64. The minimum Gasteiger partial charge on any atom is -0.379 e. The Hall–Kier alpha value is -2.12. The first-order valence-corrected chi connectivity index (χ1v) is 11.4. The lowest BCUT2D eigenvalue weighted by Gasteiger charge is -2.26.